The summed E-state index contributed by atoms with van der Waals surface area (Å²) in [5.41, 5.74) is 1.69. The second-order valence-electron chi connectivity index (χ2n) is 4.30. The molecule has 0 aliphatic heterocycles. The predicted molar refractivity (Wildman–Crippen MR) is 86.2 cm³/mol. The van der Waals surface area contributed by atoms with E-state index in [0.29, 0.717) is 10.4 Å². The van der Waals surface area contributed by atoms with Crippen molar-refractivity contribution in [3.05, 3.63) is 50.8 Å². The zero-order valence-electron chi connectivity index (χ0n) is 11.1. The maximum atomic E-state index is 11.8. The molecular formula is C14H12Br2N2O3. The second-order valence-corrected chi connectivity index (χ2v) is 5.93. The summed E-state index contributed by atoms with van der Waals surface area (Å²) in [4.78, 5) is 23.5. The molecule has 0 spiro atoms. The topological polar surface area (TPSA) is 71.3 Å². The number of carbonyl (C=O) groups excluding carboxylic acids is 2. The van der Waals surface area contributed by atoms with Crippen LogP contribution >= 0.6 is 31.9 Å². The van der Waals surface area contributed by atoms with E-state index in [1.165, 1.54) is 6.07 Å². The lowest BCUT2D eigenvalue weighted by Gasteiger charge is -2.07. The van der Waals surface area contributed by atoms with Crippen LogP contribution in [0.3, 0.4) is 0 Å². The molecule has 0 bridgehead atoms. The summed E-state index contributed by atoms with van der Waals surface area (Å²) in [5.74, 6) is -0.604. The van der Waals surface area contributed by atoms with Crippen molar-refractivity contribution in [3.63, 3.8) is 0 Å². The summed E-state index contributed by atoms with van der Waals surface area (Å²) >= 11 is 6.50. The van der Waals surface area contributed by atoms with Crippen LogP contribution < -0.4 is 10.6 Å². The predicted octanol–water partition coefficient (Wildman–Crippen LogP) is 3.48. The Balaban J connectivity index is 1.87. The van der Waals surface area contributed by atoms with Crippen LogP contribution in [0.5, 0.6) is 0 Å². The first-order chi connectivity index (χ1) is 9.95. The lowest BCUT2D eigenvalue weighted by atomic mass is 10.2. The zero-order chi connectivity index (χ0) is 15.4. The molecule has 2 aromatic rings. The van der Waals surface area contributed by atoms with Crippen molar-refractivity contribution >= 4 is 49.4 Å². The summed E-state index contributed by atoms with van der Waals surface area (Å²) in [6, 6.07) is 8.60. The van der Waals surface area contributed by atoms with Crippen LogP contribution in [-0.4, -0.2) is 18.4 Å². The summed E-state index contributed by atoms with van der Waals surface area (Å²) < 4.78 is 6.52. The Labute approximate surface area is 138 Å². The molecule has 0 fully saturated rings. The molecular weight excluding hydrogens is 404 g/mol. The Hall–Kier alpha value is -1.60. The zero-order valence-corrected chi connectivity index (χ0v) is 14.2. The van der Waals surface area contributed by atoms with Gasteiger partial charge < -0.3 is 15.1 Å². The molecule has 2 amide bonds. The standard InChI is InChI=1S/C14H12Br2N2O3/c1-8-6-9(2-3-10(8)15)18-13(19)7-17-14(20)11-4-5-12(16)21-11/h2-6H,7H2,1H3,(H,17,20)(H,18,19). The Kier molecular flexibility index (Phi) is 5.19. The second kappa shape index (κ2) is 6.91. The van der Waals surface area contributed by atoms with Gasteiger partial charge in [-0.25, -0.2) is 0 Å². The van der Waals surface area contributed by atoms with Crippen molar-refractivity contribution in [3.8, 4) is 0 Å². The van der Waals surface area contributed by atoms with Gasteiger partial charge in [-0.2, -0.15) is 0 Å². The number of amides is 2. The van der Waals surface area contributed by atoms with Gasteiger partial charge in [0.15, 0.2) is 10.4 Å². The fourth-order valence-electron chi connectivity index (χ4n) is 1.61. The van der Waals surface area contributed by atoms with Crippen molar-refractivity contribution < 1.29 is 14.0 Å². The number of hydrogen-bond acceptors (Lipinski definition) is 3. The van der Waals surface area contributed by atoms with E-state index < -0.39 is 5.91 Å². The van der Waals surface area contributed by atoms with Gasteiger partial charge in [0, 0.05) is 10.2 Å². The van der Waals surface area contributed by atoms with Crippen LogP contribution in [0.4, 0.5) is 5.69 Å². The number of aryl methyl sites for hydroxylation is 1. The van der Waals surface area contributed by atoms with Crippen molar-refractivity contribution in [1.29, 1.82) is 0 Å². The van der Waals surface area contributed by atoms with Gasteiger partial charge in [-0.3, -0.25) is 9.59 Å². The summed E-state index contributed by atoms with van der Waals surface area (Å²) in [6.45, 7) is 1.79. The number of halogens is 2. The lowest BCUT2D eigenvalue weighted by Crippen LogP contribution is -2.32. The highest BCUT2D eigenvalue weighted by atomic mass is 79.9. The number of anilines is 1. The third-order valence-corrected chi connectivity index (χ3v) is 3.96. The number of benzene rings is 1. The minimum Gasteiger partial charge on any atom is -0.444 e. The van der Waals surface area contributed by atoms with Crippen molar-refractivity contribution in [1.82, 2.24) is 5.32 Å². The van der Waals surface area contributed by atoms with Gasteiger partial charge in [0.25, 0.3) is 5.91 Å². The van der Waals surface area contributed by atoms with E-state index in [-0.39, 0.29) is 18.2 Å². The molecule has 0 aliphatic rings. The van der Waals surface area contributed by atoms with Gasteiger partial charge in [-0.1, -0.05) is 15.9 Å². The Morgan fingerprint density at radius 2 is 1.95 bits per heavy atom. The van der Waals surface area contributed by atoms with Gasteiger partial charge in [-0.05, 0) is 58.7 Å². The Bertz CT molecular complexity index is 683. The van der Waals surface area contributed by atoms with E-state index >= 15 is 0 Å². The largest absolute Gasteiger partial charge is 0.444 e. The maximum Gasteiger partial charge on any atom is 0.287 e. The van der Waals surface area contributed by atoms with Crippen molar-refractivity contribution in [2.45, 2.75) is 6.92 Å². The number of nitrogens with one attached hydrogen (secondary N) is 2. The number of carbonyl (C=O) groups is 2. The molecule has 7 heteroatoms. The molecule has 0 radical (unpaired) electrons. The van der Waals surface area contributed by atoms with Crippen molar-refractivity contribution in [2.24, 2.45) is 0 Å². The molecule has 2 rings (SSSR count). The minimum atomic E-state index is -0.442. The van der Waals surface area contributed by atoms with Gasteiger partial charge in [0.1, 0.15) is 0 Å². The van der Waals surface area contributed by atoms with Crippen LogP contribution in [0.15, 0.2) is 43.9 Å². The number of rotatable bonds is 4. The highest BCUT2D eigenvalue weighted by molar-refractivity contribution is 9.10. The molecule has 1 aromatic carbocycles. The van der Waals surface area contributed by atoms with E-state index in [4.69, 9.17) is 4.42 Å². The molecule has 110 valence electrons. The molecule has 1 heterocycles. The minimum absolute atomic E-state index is 0.133. The average Bonchev–Trinajstić information content (AvgIpc) is 2.87. The van der Waals surface area contributed by atoms with E-state index in [1.807, 2.05) is 19.1 Å². The molecule has 0 unspecified atom stereocenters. The quantitative estimate of drug-likeness (QED) is 0.802. The molecule has 21 heavy (non-hydrogen) atoms. The van der Waals surface area contributed by atoms with Gasteiger partial charge in [0.2, 0.25) is 5.91 Å². The molecule has 0 saturated heterocycles. The molecule has 0 aliphatic carbocycles. The fraction of sp³-hybridized carbons (Fsp3) is 0.143. The van der Waals surface area contributed by atoms with Gasteiger partial charge in [-0.15, -0.1) is 0 Å². The number of furan rings is 1. The SMILES string of the molecule is Cc1cc(NC(=O)CNC(=O)c2ccc(Br)o2)ccc1Br. The van der Waals surface area contributed by atoms with Crippen LogP contribution in [0, 0.1) is 6.92 Å². The first-order valence-corrected chi connectivity index (χ1v) is 7.64. The number of hydrogen-bond donors (Lipinski definition) is 2. The molecule has 2 N–H and O–H groups in total. The summed E-state index contributed by atoms with van der Waals surface area (Å²) in [7, 11) is 0. The highest BCUT2D eigenvalue weighted by Gasteiger charge is 2.12. The monoisotopic (exact) mass is 414 g/mol. The van der Waals surface area contributed by atoms with E-state index in [1.54, 1.807) is 12.1 Å². The van der Waals surface area contributed by atoms with Crippen LogP contribution in [0.2, 0.25) is 0 Å². The normalized spacial score (nSPS) is 10.2. The van der Waals surface area contributed by atoms with Crippen LogP contribution in [0.25, 0.3) is 0 Å². The Morgan fingerprint density at radius 3 is 2.57 bits per heavy atom. The van der Waals surface area contributed by atoms with Crippen molar-refractivity contribution in [2.75, 3.05) is 11.9 Å². The lowest BCUT2D eigenvalue weighted by molar-refractivity contribution is -0.115. The summed E-state index contributed by atoms with van der Waals surface area (Å²) in [5, 5.41) is 5.19. The smallest absolute Gasteiger partial charge is 0.287 e. The first kappa shape index (κ1) is 15.8. The van der Waals surface area contributed by atoms with E-state index in [2.05, 4.69) is 42.5 Å². The average molecular weight is 416 g/mol. The third-order valence-electron chi connectivity index (χ3n) is 2.65. The maximum absolute atomic E-state index is 11.8. The van der Waals surface area contributed by atoms with Crippen LogP contribution in [0.1, 0.15) is 16.1 Å². The van der Waals surface area contributed by atoms with E-state index in [9.17, 15) is 9.59 Å². The fourth-order valence-corrected chi connectivity index (χ4v) is 2.16. The third kappa shape index (κ3) is 4.44. The van der Waals surface area contributed by atoms with Gasteiger partial charge >= 0.3 is 0 Å². The molecule has 1 aromatic heterocycles. The molecule has 5 nitrogen and oxygen atoms in total. The first-order valence-electron chi connectivity index (χ1n) is 6.05. The van der Waals surface area contributed by atoms with Crippen LogP contribution in [-0.2, 0) is 4.79 Å². The highest BCUT2D eigenvalue weighted by Crippen LogP contribution is 2.19. The molecule has 0 saturated carbocycles. The van der Waals surface area contributed by atoms with Gasteiger partial charge in [0.05, 0.1) is 6.54 Å². The van der Waals surface area contributed by atoms with E-state index in [0.717, 1.165) is 10.0 Å². The summed E-state index contributed by atoms with van der Waals surface area (Å²) in [6.07, 6.45) is 0. The Morgan fingerprint density at radius 1 is 1.19 bits per heavy atom. The molecule has 0 atom stereocenters.